The maximum atomic E-state index is 9.52. The van der Waals surface area contributed by atoms with E-state index < -0.39 is 84.7 Å². The summed E-state index contributed by atoms with van der Waals surface area (Å²) in [5, 5.41) is 0. The molecule has 0 saturated carbocycles. The van der Waals surface area contributed by atoms with Gasteiger partial charge in [-0.3, -0.25) is 0 Å². The summed E-state index contributed by atoms with van der Waals surface area (Å²) in [4.78, 5) is 2.04. The lowest BCUT2D eigenvalue weighted by molar-refractivity contribution is 0.0948. The molecule has 0 N–H and O–H groups in total. The third-order valence-electron chi connectivity index (χ3n) is 13.6. The molecule has 7 aromatic carbocycles. The van der Waals surface area contributed by atoms with E-state index in [0.29, 0.717) is 22.6 Å². The van der Waals surface area contributed by atoms with E-state index >= 15 is 0 Å². The van der Waals surface area contributed by atoms with Crippen LogP contribution in [0, 0.1) is 10.8 Å². The van der Waals surface area contributed by atoms with E-state index in [1.165, 1.54) is 18.2 Å². The molecule has 0 unspecified atom stereocenters. The lowest BCUT2D eigenvalue weighted by Crippen LogP contribution is -2.50. The van der Waals surface area contributed by atoms with Crippen LogP contribution in [0.3, 0.4) is 0 Å². The molecule has 0 fully saturated rings. The van der Waals surface area contributed by atoms with Crippen molar-refractivity contribution in [2.45, 2.75) is 118 Å². The molecule has 0 heterocycles. The Kier molecular flexibility index (Phi) is 6.00. The van der Waals surface area contributed by atoms with Gasteiger partial charge in [0.05, 0.1) is 5.69 Å². The number of rotatable bonds is 5. The molecule has 0 radical (unpaired) electrons. The van der Waals surface area contributed by atoms with Gasteiger partial charge in [-0.1, -0.05) is 212 Å². The fourth-order valence-corrected chi connectivity index (χ4v) is 10.2. The molecular weight excluding hydrogens is 759 g/mol. The van der Waals surface area contributed by atoms with Gasteiger partial charge in [0.1, 0.15) is 0 Å². The van der Waals surface area contributed by atoms with Crippen molar-refractivity contribution < 1.29 is 24.7 Å². The van der Waals surface area contributed by atoms with Crippen LogP contribution >= 0.6 is 0 Å². The highest BCUT2D eigenvalue weighted by Gasteiger charge is 2.58. The van der Waals surface area contributed by atoms with Gasteiger partial charge in [0, 0.05) is 52.4 Å². The van der Waals surface area contributed by atoms with Gasteiger partial charge in [-0.25, -0.2) is 0 Å². The summed E-state index contributed by atoms with van der Waals surface area (Å²) in [6.07, 6.45) is 0. The molecule has 2 aliphatic carbocycles. The lowest BCUT2D eigenvalue weighted by Gasteiger charge is -2.53. The van der Waals surface area contributed by atoms with Crippen LogP contribution < -0.4 is 4.90 Å². The van der Waals surface area contributed by atoms with Gasteiger partial charge in [0.15, 0.2) is 0 Å². The number of fused-ring (bicyclic) bond motifs is 6. The number of hydrogen-bond donors (Lipinski definition) is 0. The molecule has 0 atom stereocenters. The molecule has 0 saturated heterocycles. The topological polar surface area (TPSA) is 3.24 Å². The summed E-state index contributed by atoms with van der Waals surface area (Å²) in [6, 6.07) is 47.0. The van der Waals surface area contributed by atoms with E-state index in [1.807, 2.05) is 89.8 Å². The first-order chi connectivity index (χ1) is 37.0. The van der Waals surface area contributed by atoms with Gasteiger partial charge in [-0.2, -0.15) is 0 Å². The number of para-hydroxylation sites is 1. The molecule has 0 spiro atoms. The molecule has 2 aliphatic rings. The van der Waals surface area contributed by atoms with E-state index in [9.17, 15) is 24.7 Å². The van der Waals surface area contributed by atoms with Crippen LogP contribution in [-0.4, -0.2) is 0 Å². The molecule has 320 valence electrons. The Hall–Kier alpha value is -5.66. The molecule has 0 amide bonds. The third kappa shape index (κ3) is 6.64. The Bertz CT molecular complexity index is 3440. The van der Waals surface area contributed by atoms with E-state index in [4.69, 9.17) is 0 Å². The Morgan fingerprint density at radius 3 is 1.60 bits per heavy atom. The van der Waals surface area contributed by atoms with Gasteiger partial charge in [-0.15, -0.1) is 0 Å². The average Bonchev–Trinajstić information content (AvgIpc) is 3.73. The summed E-state index contributed by atoms with van der Waals surface area (Å²) in [6.45, 7) is -11.3. The SMILES string of the molecule is [2H]C([2H])([2H])C(C([2H])([2H])[2H])(C([2H])([2H])[2H])C1(C(C([2H])([2H])[2H])(C([2H])([2H])[2H])C([2H])([2H])[2H])c2cc(C(C)(C)C)ccc2-c2c(-c3ccccc3N(c3ccc(-c4ccccc4)cc3)c3ccc4c(c3)C(C)(C)c3ccccc3-4)cc(C(C)(C)C)cc21. The summed E-state index contributed by atoms with van der Waals surface area (Å²) in [5.41, 5.74) is -7.72. The minimum Gasteiger partial charge on any atom is -0.310 e. The number of hydrogen-bond acceptors (Lipinski definition) is 1. The van der Waals surface area contributed by atoms with Crippen LogP contribution in [0.5, 0.6) is 0 Å². The maximum Gasteiger partial charge on any atom is 0.0540 e. The zero-order valence-corrected chi connectivity index (χ0v) is 37.4. The van der Waals surface area contributed by atoms with Gasteiger partial charge in [0.2, 0.25) is 0 Å². The molecular formula is C62H67N. The fourth-order valence-electron chi connectivity index (χ4n) is 10.2. The molecule has 1 heteroatoms. The molecule has 0 aliphatic heterocycles. The zero-order chi connectivity index (χ0) is 60.1. The number of nitrogens with zero attached hydrogens (tertiary/aromatic N) is 1. The average molecular weight is 844 g/mol. The minimum atomic E-state index is -4.50. The minimum absolute atomic E-state index is 0.111. The molecule has 0 aromatic heterocycles. The predicted octanol–water partition coefficient (Wildman–Crippen LogP) is 17.8. The standard InChI is InChI=1S/C62H67N/c1-57(2,3)42-30-34-49-53(37-42)62(59(7,8)9,60(10,11)12)54-38-43(58(4,5)6)36-50(56(49)54)48-25-19-21-27-55(48)63(44-31-28-41(29-32-44)40-22-16-15-17-23-40)45-33-35-47-46-24-18-20-26-51(46)61(13,14)52(47)39-45/h15-39H,1-14H3/i7D3,8D3,9D3,10D3,11D3,12D3. The normalized spacial score (nSPS) is 20.5. The van der Waals surface area contributed by atoms with Gasteiger partial charge in [0.25, 0.3) is 0 Å². The van der Waals surface area contributed by atoms with Crippen LogP contribution in [0.15, 0.2) is 152 Å². The van der Waals surface area contributed by atoms with Crippen molar-refractivity contribution in [3.8, 4) is 44.5 Å². The van der Waals surface area contributed by atoms with E-state index in [2.05, 4.69) is 38.1 Å². The quantitative estimate of drug-likeness (QED) is 0.167. The maximum absolute atomic E-state index is 9.52. The number of benzene rings is 7. The van der Waals surface area contributed by atoms with Crippen LogP contribution in [0.4, 0.5) is 17.1 Å². The highest BCUT2D eigenvalue weighted by Crippen LogP contribution is 2.67. The van der Waals surface area contributed by atoms with Crippen molar-refractivity contribution in [3.63, 3.8) is 0 Å². The van der Waals surface area contributed by atoms with Crippen LogP contribution in [0.2, 0.25) is 0 Å². The Morgan fingerprint density at radius 2 is 0.952 bits per heavy atom. The van der Waals surface area contributed by atoms with Crippen molar-refractivity contribution in [1.82, 2.24) is 0 Å². The fraction of sp³-hybridized carbons (Fsp3) is 0.323. The monoisotopic (exact) mass is 844 g/mol. The first-order valence-electron chi connectivity index (χ1n) is 30.7. The lowest BCUT2D eigenvalue weighted by atomic mass is 9.49. The first-order valence-corrected chi connectivity index (χ1v) is 21.7. The summed E-state index contributed by atoms with van der Waals surface area (Å²) < 4.78 is 171. The van der Waals surface area contributed by atoms with E-state index in [1.54, 1.807) is 65.8 Å². The second-order valence-electron chi connectivity index (χ2n) is 20.1. The number of anilines is 3. The van der Waals surface area contributed by atoms with Crippen molar-refractivity contribution >= 4 is 17.1 Å². The zero-order valence-electron chi connectivity index (χ0n) is 55.4. The predicted molar refractivity (Wildman–Crippen MR) is 272 cm³/mol. The molecule has 0 bridgehead atoms. The van der Waals surface area contributed by atoms with Crippen LogP contribution in [0.1, 0.15) is 155 Å². The van der Waals surface area contributed by atoms with E-state index in [0.717, 1.165) is 33.4 Å². The highest BCUT2D eigenvalue weighted by atomic mass is 15.1. The first kappa shape index (κ1) is 26.2. The van der Waals surface area contributed by atoms with Crippen molar-refractivity contribution in [2.75, 3.05) is 4.90 Å². The van der Waals surface area contributed by atoms with Crippen molar-refractivity contribution in [2.24, 2.45) is 10.8 Å². The van der Waals surface area contributed by atoms with Crippen LogP contribution in [-0.2, 0) is 21.7 Å². The molecule has 9 rings (SSSR count). The Morgan fingerprint density at radius 1 is 0.413 bits per heavy atom. The Balaban J connectivity index is 1.54. The summed E-state index contributed by atoms with van der Waals surface area (Å²) in [7, 11) is 0. The van der Waals surface area contributed by atoms with Crippen molar-refractivity contribution in [3.05, 3.63) is 185 Å². The smallest absolute Gasteiger partial charge is 0.0540 e. The second-order valence-corrected chi connectivity index (χ2v) is 20.1. The van der Waals surface area contributed by atoms with Gasteiger partial charge < -0.3 is 4.90 Å². The second kappa shape index (κ2) is 14.4. The van der Waals surface area contributed by atoms with Gasteiger partial charge >= 0.3 is 0 Å². The van der Waals surface area contributed by atoms with Crippen LogP contribution in [0.25, 0.3) is 44.5 Å². The Labute approximate surface area is 404 Å². The van der Waals surface area contributed by atoms with Crippen molar-refractivity contribution in [1.29, 1.82) is 0 Å². The molecule has 7 aromatic rings. The van der Waals surface area contributed by atoms with E-state index in [-0.39, 0.29) is 27.8 Å². The molecule has 63 heavy (non-hydrogen) atoms. The third-order valence-corrected chi connectivity index (χ3v) is 13.6. The highest BCUT2D eigenvalue weighted by molar-refractivity contribution is 5.99. The molecule has 1 nitrogen and oxygen atoms in total. The van der Waals surface area contributed by atoms with Gasteiger partial charge in [-0.05, 0) is 130 Å². The summed E-state index contributed by atoms with van der Waals surface area (Å²) >= 11 is 0. The largest absolute Gasteiger partial charge is 0.310 e. The summed E-state index contributed by atoms with van der Waals surface area (Å²) in [5.74, 6) is 0.